The van der Waals surface area contributed by atoms with Gasteiger partial charge in [-0.05, 0) is 69.4 Å². The third kappa shape index (κ3) is 11.6. The largest absolute Gasteiger partial charge is 0.342 e. The van der Waals surface area contributed by atoms with E-state index >= 15 is 0 Å². The van der Waals surface area contributed by atoms with E-state index < -0.39 is 0 Å². The maximum atomic E-state index is 13.5. The predicted octanol–water partition coefficient (Wildman–Crippen LogP) is 8.85. The molecule has 0 bridgehead atoms. The van der Waals surface area contributed by atoms with Gasteiger partial charge in [-0.2, -0.15) is 0 Å². The molecule has 1 spiro atoms. The number of amides is 1. The van der Waals surface area contributed by atoms with E-state index in [1.807, 2.05) is 0 Å². The van der Waals surface area contributed by atoms with Crippen LogP contribution in [0, 0.1) is 17.3 Å². The molecule has 3 heteroatoms. The second-order valence-electron chi connectivity index (χ2n) is 12.5. The van der Waals surface area contributed by atoms with Crippen LogP contribution in [0.4, 0.5) is 0 Å². The Morgan fingerprint density at radius 2 is 1.11 bits per heavy atom. The maximum absolute atomic E-state index is 13.5. The van der Waals surface area contributed by atoms with E-state index in [9.17, 15) is 4.79 Å². The molecular weight excluding hydrogens is 428 g/mol. The molecular formula is C32H62N2O. The summed E-state index contributed by atoms with van der Waals surface area (Å²) in [5.41, 5.74) is 0.523. The van der Waals surface area contributed by atoms with Crippen LogP contribution in [0.15, 0.2) is 0 Å². The van der Waals surface area contributed by atoms with Crippen LogP contribution in [0.25, 0.3) is 0 Å². The van der Waals surface area contributed by atoms with Gasteiger partial charge >= 0.3 is 0 Å². The molecule has 35 heavy (non-hydrogen) atoms. The molecule has 1 unspecified atom stereocenters. The lowest BCUT2D eigenvalue weighted by Gasteiger charge is -2.47. The van der Waals surface area contributed by atoms with Gasteiger partial charge in [0.15, 0.2) is 0 Å². The number of likely N-dealkylation sites (tertiary alicyclic amines) is 2. The highest BCUT2D eigenvalue weighted by molar-refractivity contribution is 5.78. The van der Waals surface area contributed by atoms with E-state index in [0.29, 0.717) is 17.2 Å². The molecule has 206 valence electrons. The Hall–Kier alpha value is -0.570. The molecule has 2 saturated heterocycles. The van der Waals surface area contributed by atoms with Crippen LogP contribution in [0.2, 0.25) is 0 Å². The Labute approximate surface area is 220 Å². The molecule has 0 aliphatic carbocycles. The van der Waals surface area contributed by atoms with E-state index in [2.05, 4.69) is 37.5 Å². The van der Waals surface area contributed by atoms with E-state index in [4.69, 9.17) is 0 Å². The van der Waals surface area contributed by atoms with Crippen molar-refractivity contribution in [3.63, 3.8) is 0 Å². The topological polar surface area (TPSA) is 23.6 Å². The molecule has 2 heterocycles. The SMILES string of the molecule is CCCCCCC(C)CN1CCC2(CC1)CCN(C(=O)C(CCCCCC)CCCCCC)CC2. The van der Waals surface area contributed by atoms with Crippen molar-refractivity contribution in [2.24, 2.45) is 17.3 Å². The summed E-state index contributed by atoms with van der Waals surface area (Å²) in [7, 11) is 0. The van der Waals surface area contributed by atoms with Crippen molar-refractivity contribution in [3.05, 3.63) is 0 Å². The summed E-state index contributed by atoms with van der Waals surface area (Å²) >= 11 is 0. The van der Waals surface area contributed by atoms with Crippen molar-refractivity contribution in [1.29, 1.82) is 0 Å². The quantitative estimate of drug-likeness (QED) is 0.179. The Morgan fingerprint density at radius 1 is 0.657 bits per heavy atom. The molecule has 0 N–H and O–H groups in total. The second kappa shape index (κ2) is 17.8. The molecule has 0 aromatic heterocycles. The van der Waals surface area contributed by atoms with Gasteiger partial charge < -0.3 is 9.80 Å². The summed E-state index contributed by atoms with van der Waals surface area (Å²) in [6.45, 7) is 15.2. The summed E-state index contributed by atoms with van der Waals surface area (Å²) in [4.78, 5) is 18.5. The average Bonchev–Trinajstić information content (AvgIpc) is 2.87. The van der Waals surface area contributed by atoms with Crippen LogP contribution >= 0.6 is 0 Å². The lowest BCUT2D eigenvalue weighted by Crippen LogP contribution is -2.49. The number of hydrogen-bond donors (Lipinski definition) is 0. The van der Waals surface area contributed by atoms with Gasteiger partial charge in [-0.3, -0.25) is 4.79 Å². The highest BCUT2D eigenvalue weighted by Gasteiger charge is 2.39. The smallest absolute Gasteiger partial charge is 0.225 e. The molecule has 2 rings (SSSR count). The molecule has 2 aliphatic heterocycles. The first-order valence-corrected chi connectivity index (χ1v) is 16.0. The van der Waals surface area contributed by atoms with Crippen molar-refractivity contribution in [2.45, 2.75) is 150 Å². The Balaban J connectivity index is 1.74. The Morgan fingerprint density at radius 3 is 1.60 bits per heavy atom. The number of nitrogens with zero attached hydrogens (tertiary/aromatic N) is 2. The van der Waals surface area contributed by atoms with Gasteiger partial charge in [-0.15, -0.1) is 0 Å². The van der Waals surface area contributed by atoms with Gasteiger partial charge in [0.2, 0.25) is 5.91 Å². The van der Waals surface area contributed by atoms with Crippen molar-refractivity contribution in [1.82, 2.24) is 9.80 Å². The fraction of sp³-hybridized carbons (Fsp3) is 0.969. The number of piperidine rings is 2. The minimum absolute atomic E-state index is 0.290. The van der Waals surface area contributed by atoms with Gasteiger partial charge in [0.05, 0.1) is 0 Å². The predicted molar refractivity (Wildman–Crippen MR) is 153 cm³/mol. The van der Waals surface area contributed by atoms with Crippen molar-refractivity contribution < 1.29 is 4.79 Å². The zero-order valence-electron chi connectivity index (χ0n) is 24.4. The minimum Gasteiger partial charge on any atom is -0.342 e. The van der Waals surface area contributed by atoms with Gasteiger partial charge in [0.1, 0.15) is 0 Å². The van der Waals surface area contributed by atoms with Crippen LogP contribution in [0.5, 0.6) is 0 Å². The highest BCUT2D eigenvalue weighted by Crippen LogP contribution is 2.42. The third-order valence-electron chi connectivity index (χ3n) is 9.33. The summed E-state index contributed by atoms with van der Waals surface area (Å²) in [6, 6.07) is 0. The lowest BCUT2D eigenvalue weighted by atomic mass is 9.71. The van der Waals surface area contributed by atoms with Crippen LogP contribution in [-0.2, 0) is 4.79 Å². The number of unbranched alkanes of at least 4 members (excludes halogenated alkanes) is 9. The molecule has 2 fully saturated rings. The molecule has 1 amide bonds. The molecule has 0 radical (unpaired) electrons. The summed E-state index contributed by atoms with van der Waals surface area (Å²) in [5, 5.41) is 0. The lowest BCUT2D eigenvalue weighted by molar-refractivity contribution is -0.139. The summed E-state index contributed by atoms with van der Waals surface area (Å²) in [6.07, 6.45) is 24.7. The van der Waals surface area contributed by atoms with Gasteiger partial charge in [0, 0.05) is 25.6 Å². The first kappa shape index (κ1) is 30.7. The summed E-state index contributed by atoms with van der Waals surface area (Å²) in [5.74, 6) is 1.63. The van der Waals surface area contributed by atoms with Crippen LogP contribution in [0.1, 0.15) is 150 Å². The number of carbonyl (C=O) groups excluding carboxylic acids is 1. The molecule has 0 saturated carbocycles. The molecule has 0 aromatic rings. The third-order valence-corrected chi connectivity index (χ3v) is 9.33. The standard InChI is InChI=1S/C32H62N2O/c1-5-8-11-14-17-29(4)28-33-24-20-32(21-25-33)22-26-34(27-23-32)31(35)30(18-15-12-9-6-2)19-16-13-10-7-3/h29-30H,5-28H2,1-4H3. The van der Waals surface area contributed by atoms with Crippen LogP contribution in [-0.4, -0.2) is 48.4 Å². The fourth-order valence-corrected chi connectivity index (χ4v) is 6.65. The first-order chi connectivity index (χ1) is 17.0. The first-order valence-electron chi connectivity index (χ1n) is 16.0. The maximum Gasteiger partial charge on any atom is 0.225 e. The number of hydrogen-bond acceptors (Lipinski definition) is 2. The average molecular weight is 491 g/mol. The molecule has 1 atom stereocenters. The fourth-order valence-electron chi connectivity index (χ4n) is 6.65. The molecule has 3 nitrogen and oxygen atoms in total. The van der Waals surface area contributed by atoms with E-state index in [0.717, 1.165) is 31.8 Å². The van der Waals surface area contributed by atoms with Crippen molar-refractivity contribution in [2.75, 3.05) is 32.7 Å². The Kier molecular flexibility index (Phi) is 15.6. The summed E-state index contributed by atoms with van der Waals surface area (Å²) < 4.78 is 0. The van der Waals surface area contributed by atoms with E-state index in [1.54, 1.807) is 0 Å². The van der Waals surface area contributed by atoms with Gasteiger partial charge in [0.25, 0.3) is 0 Å². The minimum atomic E-state index is 0.290. The monoisotopic (exact) mass is 490 g/mol. The van der Waals surface area contributed by atoms with Crippen LogP contribution in [0.3, 0.4) is 0 Å². The highest BCUT2D eigenvalue weighted by atomic mass is 16.2. The molecule has 0 aromatic carbocycles. The number of rotatable bonds is 18. The van der Waals surface area contributed by atoms with Crippen molar-refractivity contribution in [3.8, 4) is 0 Å². The van der Waals surface area contributed by atoms with Gasteiger partial charge in [-0.25, -0.2) is 0 Å². The zero-order valence-corrected chi connectivity index (χ0v) is 24.4. The van der Waals surface area contributed by atoms with Crippen molar-refractivity contribution >= 4 is 5.91 Å². The molecule has 2 aliphatic rings. The zero-order chi connectivity index (χ0) is 25.4. The Bertz CT molecular complexity index is 518. The normalized spacial score (nSPS) is 19.5. The second-order valence-corrected chi connectivity index (χ2v) is 12.5. The van der Waals surface area contributed by atoms with E-state index in [1.165, 1.54) is 129 Å². The number of carbonyl (C=O) groups is 1. The van der Waals surface area contributed by atoms with Gasteiger partial charge in [-0.1, -0.05) is 105 Å². The van der Waals surface area contributed by atoms with E-state index in [-0.39, 0.29) is 0 Å². The van der Waals surface area contributed by atoms with Crippen LogP contribution < -0.4 is 0 Å².